The van der Waals surface area contributed by atoms with Crippen LogP contribution in [0.1, 0.15) is 26.3 Å². The maximum absolute atomic E-state index is 14.1. The predicted octanol–water partition coefficient (Wildman–Crippen LogP) is 3.37. The molecule has 0 saturated carbocycles. The Labute approximate surface area is 161 Å². The van der Waals surface area contributed by atoms with Gasteiger partial charge in [-0.25, -0.2) is 14.4 Å². The predicted molar refractivity (Wildman–Crippen MR) is 106 cm³/mol. The average Bonchev–Trinajstić information content (AvgIpc) is 2.57. The number of nitrogens with one attached hydrogen (secondary N) is 1. The molecule has 1 aromatic carbocycles. The average molecular weight is 391 g/mol. The van der Waals surface area contributed by atoms with Crippen molar-refractivity contribution in [2.24, 2.45) is 15.9 Å². The number of hydrogen-bond donors (Lipinski definition) is 2. The topological polar surface area (TPSA) is 106 Å². The quantitative estimate of drug-likeness (QED) is 0.361. The highest BCUT2D eigenvalue weighted by atomic mass is 35.5. The first-order valence-electron chi connectivity index (χ1n) is 8.04. The molecule has 9 heteroatoms. The van der Waals surface area contributed by atoms with Gasteiger partial charge >= 0.3 is 0 Å². The van der Waals surface area contributed by atoms with Gasteiger partial charge in [0.15, 0.2) is 5.71 Å². The van der Waals surface area contributed by atoms with Gasteiger partial charge in [-0.3, -0.25) is 9.79 Å². The van der Waals surface area contributed by atoms with E-state index in [4.69, 9.17) is 17.4 Å². The first kappa shape index (κ1) is 20.4. The molecular weight excluding hydrogens is 371 g/mol. The Bertz CT molecular complexity index is 921. The molecule has 2 aromatic rings. The van der Waals surface area contributed by atoms with Crippen molar-refractivity contribution in [1.82, 2.24) is 9.97 Å². The molecule has 2 rings (SSSR count). The van der Waals surface area contributed by atoms with Crippen molar-refractivity contribution in [3.63, 3.8) is 0 Å². The van der Waals surface area contributed by atoms with E-state index in [0.717, 1.165) is 0 Å². The fraction of sp³-hybridized carbons (Fsp3) is 0.278. The number of benzene rings is 1. The molecule has 142 valence electrons. The van der Waals surface area contributed by atoms with E-state index in [2.05, 4.69) is 25.4 Å². The molecule has 3 N–H and O–H groups in total. The summed E-state index contributed by atoms with van der Waals surface area (Å²) in [5.41, 5.74) is 1.29. The van der Waals surface area contributed by atoms with Crippen molar-refractivity contribution in [2.75, 3.05) is 5.32 Å². The summed E-state index contributed by atoms with van der Waals surface area (Å²) in [7, 11) is 0. The van der Waals surface area contributed by atoms with Crippen LogP contribution in [0.15, 0.2) is 34.5 Å². The summed E-state index contributed by atoms with van der Waals surface area (Å²) in [6.07, 6.45) is 2.75. The van der Waals surface area contributed by atoms with Gasteiger partial charge in [0, 0.05) is 17.4 Å². The number of nitrogens with two attached hydrogens (primary N) is 1. The summed E-state index contributed by atoms with van der Waals surface area (Å²) >= 11 is 5.81. The molecule has 0 atom stereocenters. The minimum Gasteiger partial charge on any atom is -0.322 e. The first-order valence-corrected chi connectivity index (χ1v) is 8.42. The van der Waals surface area contributed by atoms with Crippen LogP contribution in [0.4, 0.5) is 10.1 Å². The zero-order chi connectivity index (χ0) is 20.2. The van der Waals surface area contributed by atoms with Crippen LogP contribution in [0.25, 0.3) is 11.3 Å². The number of anilines is 1. The zero-order valence-corrected chi connectivity index (χ0v) is 16.2. The number of carbonyl (C=O) groups is 1. The Hall–Kier alpha value is -2.87. The number of aliphatic imine (C=N–C) groups is 1. The smallest absolute Gasteiger partial charge is 0.277 e. The molecule has 1 aromatic heterocycles. The summed E-state index contributed by atoms with van der Waals surface area (Å²) in [5, 5.41) is 6.10. The molecule has 0 bridgehead atoms. The number of nitrogens with zero attached hydrogens (tertiary/aromatic N) is 4. The summed E-state index contributed by atoms with van der Waals surface area (Å²) < 4.78 is 14.1. The van der Waals surface area contributed by atoms with Crippen LogP contribution in [-0.2, 0) is 4.79 Å². The van der Waals surface area contributed by atoms with Crippen LogP contribution in [0.3, 0.4) is 0 Å². The Morgan fingerprint density at radius 1 is 1.37 bits per heavy atom. The molecule has 0 fully saturated rings. The molecule has 7 nitrogen and oxygen atoms in total. The van der Waals surface area contributed by atoms with E-state index in [1.807, 2.05) is 20.8 Å². The van der Waals surface area contributed by atoms with E-state index >= 15 is 0 Å². The lowest BCUT2D eigenvalue weighted by atomic mass is 10.0. The third-order valence-corrected chi connectivity index (χ3v) is 3.65. The van der Waals surface area contributed by atoms with Gasteiger partial charge in [0.05, 0.1) is 17.4 Å². The lowest BCUT2D eigenvalue weighted by molar-refractivity contribution is -0.110. The standard InChI is InChI=1S/C18H20ClFN6O/c1-10-12(13-5-6-22-17(19)25-13)7-11(20)8-14(10)24-16(27)15(26-21)9-23-18(2,3)4/h5-9H,21H2,1-4H3,(H,24,27)/b23-9?,26-15+. The summed E-state index contributed by atoms with van der Waals surface area (Å²) in [6.45, 7) is 7.32. The van der Waals surface area contributed by atoms with Crippen LogP contribution in [0, 0.1) is 12.7 Å². The summed E-state index contributed by atoms with van der Waals surface area (Å²) in [5.74, 6) is 4.14. The van der Waals surface area contributed by atoms with Gasteiger partial charge in [0.1, 0.15) is 5.82 Å². The Morgan fingerprint density at radius 3 is 2.67 bits per heavy atom. The number of hydrogen-bond acceptors (Lipinski definition) is 6. The van der Waals surface area contributed by atoms with Gasteiger partial charge in [-0.1, -0.05) is 0 Å². The minimum atomic E-state index is -0.606. The highest BCUT2D eigenvalue weighted by Crippen LogP contribution is 2.29. The van der Waals surface area contributed by atoms with Crippen molar-refractivity contribution in [1.29, 1.82) is 0 Å². The maximum atomic E-state index is 14.1. The Balaban J connectivity index is 2.37. The van der Waals surface area contributed by atoms with Crippen molar-refractivity contribution in [2.45, 2.75) is 33.2 Å². The van der Waals surface area contributed by atoms with E-state index in [1.54, 1.807) is 13.0 Å². The van der Waals surface area contributed by atoms with Gasteiger partial charge in [0.2, 0.25) is 5.28 Å². The summed E-state index contributed by atoms with van der Waals surface area (Å²) in [6, 6.07) is 4.11. The van der Waals surface area contributed by atoms with Gasteiger partial charge in [0.25, 0.3) is 5.91 Å². The minimum absolute atomic E-state index is 0.0395. The highest BCUT2D eigenvalue weighted by molar-refractivity contribution is 6.63. The fourth-order valence-corrected chi connectivity index (χ4v) is 2.30. The van der Waals surface area contributed by atoms with E-state index in [-0.39, 0.29) is 16.7 Å². The number of aromatic nitrogens is 2. The second-order valence-corrected chi connectivity index (χ2v) is 7.07. The van der Waals surface area contributed by atoms with Crippen LogP contribution >= 0.6 is 11.6 Å². The number of amides is 1. The van der Waals surface area contributed by atoms with Gasteiger partial charge < -0.3 is 11.2 Å². The Kier molecular flexibility index (Phi) is 6.22. The van der Waals surface area contributed by atoms with Gasteiger partial charge in [-0.05, 0) is 63.1 Å². The molecule has 0 saturated heterocycles. The van der Waals surface area contributed by atoms with Gasteiger partial charge in [-0.2, -0.15) is 5.10 Å². The third kappa shape index (κ3) is 5.55. The van der Waals surface area contributed by atoms with Crippen molar-refractivity contribution in [3.8, 4) is 11.3 Å². The van der Waals surface area contributed by atoms with Crippen LogP contribution in [-0.4, -0.2) is 33.3 Å². The number of halogens is 2. The molecule has 0 aliphatic rings. The molecule has 27 heavy (non-hydrogen) atoms. The summed E-state index contributed by atoms with van der Waals surface area (Å²) in [4.78, 5) is 24.5. The second-order valence-electron chi connectivity index (χ2n) is 6.73. The van der Waals surface area contributed by atoms with Crippen LogP contribution in [0.2, 0.25) is 5.28 Å². The maximum Gasteiger partial charge on any atom is 0.277 e. The lowest BCUT2D eigenvalue weighted by Crippen LogP contribution is -2.27. The fourth-order valence-electron chi connectivity index (χ4n) is 2.15. The van der Waals surface area contributed by atoms with Crippen LogP contribution in [0.5, 0.6) is 0 Å². The van der Waals surface area contributed by atoms with Crippen molar-refractivity contribution >= 4 is 35.1 Å². The molecule has 0 radical (unpaired) electrons. The van der Waals surface area contributed by atoms with E-state index in [0.29, 0.717) is 16.8 Å². The molecule has 1 heterocycles. The third-order valence-electron chi connectivity index (χ3n) is 3.47. The van der Waals surface area contributed by atoms with Crippen LogP contribution < -0.4 is 11.2 Å². The largest absolute Gasteiger partial charge is 0.322 e. The molecule has 1 amide bonds. The molecule has 0 spiro atoms. The highest BCUT2D eigenvalue weighted by Gasteiger charge is 2.16. The van der Waals surface area contributed by atoms with Crippen molar-refractivity contribution in [3.05, 3.63) is 41.1 Å². The molecule has 0 aliphatic carbocycles. The zero-order valence-electron chi connectivity index (χ0n) is 15.4. The SMILES string of the molecule is Cc1c(NC(=O)/C(C=NC(C)(C)C)=N/N)cc(F)cc1-c1ccnc(Cl)n1. The van der Waals surface area contributed by atoms with E-state index in [9.17, 15) is 9.18 Å². The second kappa shape index (κ2) is 8.22. The number of hydrazone groups is 1. The van der Waals surface area contributed by atoms with E-state index in [1.165, 1.54) is 24.5 Å². The molecule has 0 unspecified atom stereocenters. The Morgan fingerprint density at radius 2 is 2.07 bits per heavy atom. The number of carbonyl (C=O) groups excluding carboxylic acids is 1. The lowest BCUT2D eigenvalue weighted by Gasteiger charge is -2.14. The number of rotatable bonds is 4. The molecule has 0 aliphatic heterocycles. The van der Waals surface area contributed by atoms with Crippen molar-refractivity contribution < 1.29 is 9.18 Å². The normalized spacial score (nSPS) is 12.4. The monoisotopic (exact) mass is 390 g/mol. The first-order chi connectivity index (χ1) is 12.6. The molecular formula is C18H20ClFN6O. The van der Waals surface area contributed by atoms with Gasteiger partial charge in [-0.15, -0.1) is 0 Å². The van der Waals surface area contributed by atoms with E-state index < -0.39 is 17.3 Å².